The van der Waals surface area contributed by atoms with Crippen LogP contribution in [-0.2, 0) is 11.2 Å². The van der Waals surface area contributed by atoms with Crippen LogP contribution in [0.4, 0.5) is 0 Å². The summed E-state index contributed by atoms with van der Waals surface area (Å²) in [5, 5.41) is 12.4. The molecule has 0 bridgehead atoms. The first-order valence-corrected chi connectivity index (χ1v) is 7.99. The van der Waals surface area contributed by atoms with Crippen molar-refractivity contribution in [1.29, 1.82) is 0 Å². The number of benzene rings is 2. The number of rotatable bonds is 7. The molecule has 0 fully saturated rings. The number of amides is 1. The van der Waals surface area contributed by atoms with E-state index in [-0.39, 0.29) is 12.5 Å². The second-order valence-electron chi connectivity index (χ2n) is 5.47. The molecule has 128 valence electrons. The zero-order chi connectivity index (χ0) is 17.5. The molecule has 1 aromatic heterocycles. The topological polar surface area (TPSA) is 73.3 Å². The summed E-state index contributed by atoms with van der Waals surface area (Å²) in [6, 6.07) is 15.4. The molecule has 0 unspecified atom stereocenters. The minimum atomic E-state index is -0.191. The van der Waals surface area contributed by atoms with Crippen LogP contribution < -0.4 is 14.8 Å². The third kappa shape index (κ3) is 4.44. The number of nitrogens with one attached hydrogen (secondary N) is 1. The Labute approximate surface area is 145 Å². The number of carbonyl (C=O) groups is 1. The van der Waals surface area contributed by atoms with Gasteiger partial charge in [0.25, 0.3) is 5.91 Å². The van der Waals surface area contributed by atoms with Crippen LogP contribution in [0.15, 0.2) is 54.7 Å². The van der Waals surface area contributed by atoms with Gasteiger partial charge in [-0.25, -0.2) is 0 Å². The van der Waals surface area contributed by atoms with E-state index in [1.54, 1.807) is 13.3 Å². The van der Waals surface area contributed by atoms with Crippen LogP contribution >= 0.6 is 0 Å². The number of hydrogen-bond donors (Lipinski definition) is 1. The molecule has 3 rings (SSSR count). The molecular weight excluding hydrogens is 318 g/mol. The van der Waals surface area contributed by atoms with Gasteiger partial charge >= 0.3 is 0 Å². The van der Waals surface area contributed by atoms with Gasteiger partial charge in [-0.05, 0) is 30.2 Å². The van der Waals surface area contributed by atoms with Gasteiger partial charge in [-0.2, -0.15) is 5.10 Å². The summed E-state index contributed by atoms with van der Waals surface area (Å²) < 4.78 is 10.6. The maximum atomic E-state index is 11.9. The maximum Gasteiger partial charge on any atom is 0.258 e. The molecule has 3 aromatic rings. The summed E-state index contributed by atoms with van der Waals surface area (Å²) in [6.07, 6.45) is 2.40. The Bertz CT molecular complexity index is 845. The van der Waals surface area contributed by atoms with Crippen molar-refractivity contribution in [1.82, 2.24) is 15.5 Å². The van der Waals surface area contributed by atoms with E-state index in [4.69, 9.17) is 9.47 Å². The van der Waals surface area contributed by atoms with Gasteiger partial charge in [-0.15, -0.1) is 5.10 Å². The van der Waals surface area contributed by atoms with Crippen molar-refractivity contribution in [2.24, 2.45) is 0 Å². The molecule has 1 amide bonds. The summed E-state index contributed by atoms with van der Waals surface area (Å²) in [7, 11) is 1.63. The summed E-state index contributed by atoms with van der Waals surface area (Å²) >= 11 is 0. The fourth-order valence-electron chi connectivity index (χ4n) is 2.43. The van der Waals surface area contributed by atoms with E-state index in [2.05, 4.69) is 15.5 Å². The molecule has 6 nitrogen and oxygen atoms in total. The zero-order valence-corrected chi connectivity index (χ0v) is 13.9. The van der Waals surface area contributed by atoms with E-state index in [0.717, 1.165) is 28.5 Å². The lowest BCUT2D eigenvalue weighted by Crippen LogP contribution is -2.30. The molecule has 1 N–H and O–H groups in total. The van der Waals surface area contributed by atoms with Crippen molar-refractivity contribution in [3.05, 3.63) is 60.3 Å². The minimum Gasteiger partial charge on any atom is -0.497 e. The van der Waals surface area contributed by atoms with E-state index in [1.165, 1.54) is 0 Å². The number of aromatic nitrogens is 2. The van der Waals surface area contributed by atoms with Gasteiger partial charge in [-0.1, -0.05) is 30.3 Å². The highest BCUT2D eigenvalue weighted by Gasteiger charge is 2.07. The minimum absolute atomic E-state index is 0.0920. The third-order valence-electron chi connectivity index (χ3n) is 3.77. The molecule has 6 heteroatoms. The number of carbonyl (C=O) groups excluding carboxylic acids is 1. The first-order chi connectivity index (χ1) is 12.3. The fraction of sp³-hybridized carbons (Fsp3) is 0.211. The molecule has 2 aromatic carbocycles. The second kappa shape index (κ2) is 8.10. The Balaban J connectivity index is 1.47. The summed E-state index contributed by atoms with van der Waals surface area (Å²) in [4.78, 5) is 11.9. The van der Waals surface area contributed by atoms with Crippen LogP contribution in [0.1, 0.15) is 5.56 Å². The Morgan fingerprint density at radius 3 is 2.72 bits per heavy atom. The van der Waals surface area contributed by atoms with E-state index in [0.29, 0.717) is 12.4 Å². The third-order valence-corrected chi connectivity index (χ3v) is 3.77. The molecule has 0 atom stereocenters. The van der Waals surface area contributed by atoms with Crippen molar-refractivity contribution in [2.45, 2.75) is 6.42 Å². The van der Waals surface area contributed by atoms with Crippen molar-refractivity contribution in [2.75, 3.05) is 20.3 Å². The van der Waals surface area contributed by atoms with Crippen LogP contribution in [0.2, 0.25) is 0 Å². The predicted octanol–water partition coefficient (Wildman–Crippen LogP) is 2.38. The van der Waals surface area contributed by atoms with Gasteiger partial charge in [0.2, 0.25) is 5.88 Å². The lowest BCUT2D eigenvalue weighted by molar-refractivity contribution is -0.123. The van der Waals surface area contributed by atoms with E-state index in [1.807, 2.05) is 48.5 Å². The monoisotopic (exact) mass is 337 g/mol. The van der Waals surface area contributed by atoms with Gasteiger partial charge in [-0.3, -0.25) is 4.79 Å². The molecule has 0 aliphatic rings. The van der Waals surface area contributed by atoms with E-state index in [9.17, 15) is 4.79 Å². The lowest BCUT2D eigenvalue weighted by Gasteiger charge is -2.08. The highest BCUT2D eigenvalue weighted by Crippen LogP contribution is 2.21. The van der Waals surface area contributed by atoms with Gasteiger partial charge < -0.3 is 14.8 Å². The summed E-state index contributed by atoms with van der Waals surface area (Å²) in [5.74, 6) is 0.990. The zero-order valence-electron chi connectivity index (χ0n) is 13.9. The second-order valence-corrected chi connectivity index (χ2v) is 5.47. The molecule has 0 saturated carbocycles. The largest absolute Gasteiger partial charge is 0.497 e. The van der Waals surface area contributed by atoms with Crippen molar-refractivity contribution < 1.29 is 14.3 Å². The van der Waals surface area contributed by atoms with Crippen LogP contribution in [0.3, 0.4) is 0 Å². The SMILES string of the molecule is COc1ccc(CCNC(=O)COc2nncc3ccccc23)cc1. The van der Waals surface area contributed by atoms with Gasteiger partial charge in [0, 0.05) is 17.3 Å². The van der Waals surface area contributed by atoms with Crippen molar-refractivity contribution in [3.63, 3.8) is 0 Å². The average Bonchev–Trinajstić information content (AvgIpc) is 2.67. The van der Waals surface area contributed by atoms with Crippen LogP contribution in [0.25, 0.3) is 10.8 Å². The first-order valence-electron chi connectivity index (χ1n) is 7.99. The van der Waals surface area contributed by atoms with Gasteiger partial charge in [0.15, 0.2) is 6.61 Å². The molecular formula is C19H19N3O3. The van der Waals surface area contributed by atoms with Gasteiger partial charge in [0.1, 0.15) is 5.75 Å². The Morgan fingerprint density at radius 2 is 1.92 bits per heavy atom. The molecule has 0 radical (unpaired) electrons. The molecule has 0 spiro atoms. The number of fused-ring (bicyclic) bond motifs is 1. The average molecular weight is 337 g/mol. The molecule has 25 heavy (non-hydrogen) atoms. The number of methoxy groups -OCH3 is 1. The Hall–Kier alpha value is -3.15. The maximum absolute atomic E-state index is 11.9. The highest BCUT2D eigenvalue weighted by molar-refractivity contribution is 5.86. The van der Waals surface area contributed by atoms with Crippen molar-refractivity contribution in [3.8, 4) is 11.6 Å². The number of ether oxygens (including phenoxy) is 2. The van der Waals surface area contributed by atoms with Crippen LogP contribution in [-0.4, -0.2) is 36.4 Å². The van der Waals surface area contributed by atoms with Gasteiger partial charge in [0.05, 0.1) is 13.3 Å². The van der Waals surface area contributed by atoms with Crippen molar-refractivity contribution >= 4 is 16.7 Å². The number of hydrogen-bond acceptors (Lipinski definition) is 5. The first kappa shape index (κ1) is 16.7. The standard InChI is InChI=1S/C19H19N3O3/c1-24-16-8-6-14(7-9-16)10-11-20-18(23)13-25-19-17-5-3-2-4-15(17)12-21-22-19/h2-9,12H,10-11,13H2,1H3,(H,20,23). The number of nitrogens with zero attached hydrogens (tertiary/aromatic N) is 2. The molecule has 0 saturated heterocycles. The molecule has 0 aliphatic carbocycles. The van der Waals surface area contributed by atoms with E-state index >= 15 is 0 Å². The molecule has 0 aliphatic heterocycles. The normalized spacial score (nSPS) is 10.4. The van der Waals surface area contributed by atoms with Crippen LogP contribution in [0, 0.1) is 0 Å². The fourth-order valence-corrected chi connectivity index (χ4v) is 2.43. The smallest absolute Gasteiger partial charge is 0.258 e. The summed E-state index contributed by atoms with van der Waals surface area (Å²) in [5.41, 5.74) is 1.13. The lowest BCUT2D eigenvalue weighted by atomic mass is 10.1. The Kier molecular flexibility index (Phi) is 5.41. The Morgan fingerprint density at radius 1 is 1.12 bits per heavy atom. The predicted molar refractivity (Wildman–Crippen MR) is 94.7 cm³/mol. The highest BCUT2D eigenvalue weighted by atomic mass is 16.5. The van der Waals surface area contributed by atoms with E-state index < -0.39 is 0 Å². The quantitative estimate of drug-likeness (QED) is 0.716. The summed E-state index contributed by atoms with van der Waals surface area (Å²) in [6.45, 7) is 0.445. The molecule has 1 heterocycles. The van der Waals surface area contributed by atoms with Crippen LogP contribution in [0.5, 0.6) is 11.6 Å².